The van der Waals surface area contributed by atoms with Crippen LogP contribution in [0.3, 0.4) is 0 Å². The van der Waals surface area contributed by atoms with E-state index in [1.807, 2.05) is 13.0 Å². The first-order valence-electron chi connectivity index (χ1n) is 5.24. The Morgan fingerprint density at radius 3 is 2.87 bits per heavy atom. The van der Waals surface area contributed by atoms with E-state index in [1.165, 1.54) is 5.56 Å². The molecule has 2 nitrogen and oxygen atoms in total. The summed E-state index contributed by atoms with van der Waals surface area (Å²) in [6, 6.07) is 6.57. The molecule has 0 aromatic heterocycles. The Kier molecular flexibility index (Phi) is 5.12. The van der Waals surface area contributed by atoms with Crippen LogP contribution >= 0.6 is 15.9 Å². The van der Waals surface area contributed by atoms with Gasteiger partial charge in [0.25, 0.3) is 0 Å². The predicted molar refractivity (Wildman–Crippen MR) is 68.5 cm³/mol. The molecule has 0 heterocycles. The average Bonchev–Trinajstić information content (AvgIpc) is 2.20. The molecule has 0 bridgehead atoms. The third-order valence-corrected chi connectivity index (χ3v) is 2.67. The molecule has 1 aromatic carbocycles. The van der Waals surface area contributed by atoms with Crippen LogP contribution in [0.4, 0.5) is 5.69 Å². The standard InChI is InChI=1S/C12H18BrNO/c1-4-15-8-10(3)14-12-7-11(13)6-5-9(12)2/h5-7,10,14H,4,8H2,1-3H3. The third kappa shape index (κ3) is 4.22. The first kappa shape index (κ1) is 12.5. The topological polar surface area (TPSA) is 21.3 Å². The first-order chi connectivity index (χ1) is 7.13. The maximum absolute atomic E-state index is 5.36. The molecule has 0 aliphatic heterocycles. The Morgan fingerprint density at radius 1 is 1.47 bits per heavy atom. The highest BCUT2D eigenvalue weighted by Crippen LogP contribution is 2.21. The summed E-state index contributed by atoms with van der Waals surface area (Å²) in [4.78, 5) is 0. The van der Waals surface area contributed by atoms with Crippen LogP contribution in [0.2, 0.25) is 0 Å². The fourth-order valence-electron chi connectivity index (χ4n) is 1.35. The van der Waals surface area contributed by atoms with Crippen LogP contribution < -0.4 is 5.32 Å². The monoisotopic (exact) mass is 271 g/mol. The van der Waals surface area contributed by atoms with Gasteiger partial charge in [-0.25, -0.2) is 0 Å². The van der Waals surface area contributed by atoms with E-state index in [0.717, 1.165) is 23.4 Å². The normalized spacial score (nSPS) is 12.5. The number of aryl methyl sites for hydroxylation is 1. The first-order valence-corrected chi connectivity index (χ1v) is 6.03. The highest BCUT2D eigenvalue weighted by molar-refractivity contribution is 9.10. The number of halogens is 1. The molecule has 0 spiro atoms. The van der Waals surface area contributed by atoms with E-state index in [-0.39, 0.29) is 0 Å². The summed E-state index contributed by atoms with van der Waals surface area (Å²) in [7, 11) is 0. The predicted octanol–water partition coefficient (Wildman–Crippen LogP) is 3.59. The smallest absolute Gasteiger partial charge is 0.0664 e. The molecule has 15 heavy (non-hydrogen) atoms. The maximum atomic E-state index is 5.36. The lowest BCUT2D eigenvalue weighted by molar-refractivity contribution is 0.141. The van der Waals surface area contributed by atoms with Crippen LogP contribution in [0.5, 0.6) is 0 Å². The van der Waals surface area contributed by atoms with Crippen LogP contribution in [-0.2, 0) is 4.74 Å². The van der Waals surface area contributed by atoms with Gasteiger partial charge in [0, 0.05) is 22.8 Å². The number of hydrogen-bond donors (Lipinski definition) is 1. The van der Waals surface area contributed by atoms with Crippen molar-refractivity contribution < 1.29 is 4.74 Å². The largest absolute Gasteiger partial charge is 0.380 e. The second-order valence-electron chi connectivity index (χ2n) is 3.66. The molecule has 1 rings (SSSR count). The van der Waals surface area contributed by atoms with E-state index >= 15 is 0 Å². The highest BCUT2D eigenvalue weighted by atomic mass is 79.9. The van der Waals surface area contributed by atoms with Gasteiger partial charge in [0.05, 0.1) is 6.61 Å². The summed E-state index contributed by atoms with van der Waals surface area (Å²) >= 11 is 3.47. The van der Waals surface area contributed by atoms with Crippen molar-refractivity contribution in [3.63, 3.8) is 0 Å². The molecule has 0 fully saturated rings. The maximum Gasteiger partial charge on any atom is 0.0664 e. The van der Waals surface area contributed by atoms with Crippen molar-refractivity contribution in [1.29, 1.82) is 0 Å². The molecule has 1 atom stereocenters. The summed E-state index contributed by atoms with van der Waals surface area (Å²) < 4.78 is 6.46. The van der Waals surface area contributed by atoms with E-state index in [1.54, 1.807) is 0 Å². The van der Waals surface area contributed by atoms with Crippen LogP contribution in [0.25, 0.3) is 0 Å². The van der Waals surface area contributed by atoms with E-state index in [2.05, 4.69) is 47.2 Å². The molecule has 1 unspecified atom stereocenters. The van der Waals surface area contributed by atoms with Crippen molar-refractivity contribution in [1.82, 2.24) is 0 Å². The Balaban J connectivity index is 2.59. The molecule has 0 aliphatic rings. The Labute approximate surface area is 100 Å². The summed E-state index contributed by atoms with van der Waals surface area (Å²) in [6.07, 6.45) is 0. The summed E-state index contributed by atoms with van der Waals surface area (Å²) in [6.45, 7) is 7.74. The number of benzene rings is 1. The second kappa shape index (κ2) is 6.13. The quantitative estimate of drug-likeness (QED) is 0.884. The molecular formula is C12H18BrNO. The van der Waals surface area contributed by atoms with Gasteiger partial charge in [0.1, 0.15) is 0 Å². The van der Waals surface area contributed by atoms with Gasteiger partial charge in [-0.05, 0) is 38.5 Å². The van der Waals surface area contributed by atoms with Gasteiger partial charge in [0.2, 0.25) is 0 Å². The summed E-state index contributed by atoms with van der Waals surface area (Å²) in [5.41, 5.74) is 2.41. The van der Waals surface area contributed by atoms with Gasteiger partial charge in [-0.2, -0.15) is 0 Å². The number of anilines is 1. The second-order valence-corrected chi connectivity index (χ2v) is 4.58. The van der Waals surface area contributed by atoms with Crippen molar-refractivity contribution in [2.75, 3.05) is 18.5 Å². The van der Waals surface area contributed by atoms with Gasteiger partial charge < -0.3 is 10.1 Å². The minimum atomic E-state index is 0.331. The molecule has 0 saturated carbocycles. The molecule has 3 heteroatoms. The van der Waals surface area contributed by atoms with Gasteiger partial charge in [0.15, 0.2) is 0 Å². The molecule has 1 N–H and O–H groups in total. The van der Waals surface area contributed by atoms with Crippen LogP contribution in [0.15, 0.2) is 22.7 Å². The minimum Gasteiger partial charge on any atom is -0.380 e. The molecule has 0 saturated heterocycles. The number of hydrogen-bond acceptors (Lipinski definition) is 2. The van der Waals surface area contributed by atoms with Gasteiger partial charge in [-0.3, -0.25) is 0 Å². The van der Waals surface area contributed by atoms with Crippen LogP contribution in [0.1, 0.15) is 19.4 Å². The Hall–Kier alpha value is -0.540. The highest BCUT2D eigenvalue weighted by Gasteiger charge is 2.04. The fourth-order valence-corrected chi connectivity index (χ4v) is 1.71. The zero-order chi connectivity index (χ0) is 11.3. The fraction of sp³-hybridized carbons (Fsp3) is 0.500. The zero-order valence-corrected chi connectivity index (χ0v) is 11.1. The van der Waals surface area contributed by atoms with E-state index in [0.29, 0.717) is 6.04 Å². The van der Waals surface area contributed by atoms with Crippen molar-refractivity contribution in [3.8, 4) is 0 Å². The lowest BCUT2D eigenvalue weighted by Crippen LogP contribution is -2.22. The lowest BCUT2D eigenvalue weighted by atomic mass is 10.2. The summed E-state index contributed by atoms with van der Waals surface area (Å²) in [5, 5.41) is 3.43. The number of rotatable bonds is 5. The molecular weight excluding hydrogens is 254 g/mol. The van der Waals surface area contributed by atoms with Crippen molar-refractivity contribution in [3.05, 3.63) is 28.2 Å². The Morgan fingerprint density at radius 2 is 2.20 bits per heavy atom. The third-order valence-electron chi connectivity index (χ3n) is 2.17. The van der Waals surface area contributed by atoms with Crippen molar-refractivity contribution in [2.24, 2.45) is 0 Å². The zero-order valence-electron chi connectivity index (χ0n) is 9.51. The molecule has 84 valence electrons. The van der Waals surface area contributed by atoms with E-state index < -0.39 is 0 Å². The summed E-state index contributed by atoms with van der Waals surface area (Å²) in [5.74, 6) is 0. The molecule has 0 radical (unpaired) electrons. The average molecular weight is 272 g/mol. The molecule has 1 aromatic rings. The number of nitrogens with one attached hydrogen (secondary N) is 1. The lowest BCUT2D eigenvalue weighted by Gasteiger charge is -2.17. The SMILES string of the molecule is CCOCC(C)Nc1cc(Br)ccc1C. The molecule has 0 amide bonds. The van der Waals surface area contributed by atoms with E-state index in [9.17, 15) is 0 Å². The Bertz CT molecular complexity index is 314. The van der Waals surface area contributed by atoms with Gasteiger partial charge in [-0.1, -0.05) is 22.0 Å². The van der Waals surface area contributed by atoms with E-state index in [4.69, 9.17) is 4.74 Å². The van der Waals surface area contributed by atoms with Gasteiger partial charge in [-0.15, -0.1) is 0 Å². The van der Waals surface area contributed by atoms with Crippen molar-refractivity contribution in [2.45, 2.75) is 26.8 Å². The van der Waals surface area contributed by atoms with Crippen molar-refractivity contribution >= 4 is 21.6 Å². The minimum absolute atomic E-state index is 0.331. The number of ether oxygens (including phenoxy) is 1. The van der Waals surface area contributed by atoms with Crippen LogP contribution in [-0.4, -0.2) is 19.3 Å². The van der Waals surface area contributed by atoms with Gasteiger partial charge >= 0.3 is 0 Å². The van der Waals surface area contributed by atoms with Crippen LogP contribution in [0, 0.1) is 6.92 Å². The molecule has 0 aliphatic carbocycles.